The number of hydrogen-bond acceptors (Lipinski definition) is 7. The van der Waals surface area contributed by atoms with Crippen LogP contribution in [0.15, 0.2) is 135 Å². The number of fused-ring (bicyclic) bond motifs is 4. The number of amides is 3. The fourth-order valence-corrected chi connectivity index (χ4v) is 8.68. The number of benzene rings is 6. The van der Waals surface area contributed by atoms with Crippen LogP contribution in [0.4, 0.5) is 11.4 Å². The molecule has 0 radical (unpaired) electrons. The van der Waals surface area contributed by atoms with Crippen LogP contribution in [-0.4, -0.2) is 80.3 Å². The van der Waals surface area contributed by atoms with Gasteiger partial charge in [0.05, 0.1) is 21.4 Å². The molecule has 0 bridgehead atoms. The molecule has 0 aromatic heterocycles. The molecule has 4 aliphatic heterocycles. The lowest BCUT2D eigenvalue weighted by atomic mass is 9.96. The summed E-state index contributed by atoms with van der Waals surface area (Å²) >= 11 is 18.1. The number of nitrogens with one attached hydrogen (secondary N) is 1. The molecule has 0 atom stereocenters. The molecule has 3 amide bonds. The van der Waals surface area contributed by atoms with E-state index in [0.29, 0.717) is 59.3 Å². The Morgan fingerprint density at radius 3 is 1.51 bits per heavy atom. The first kappa shape index (κ1) is 43.5. The highest BCUT2D eigenvalue weighted by molar-refractivity contribution is 6.66. The second-order valence-electron chi connectivity index (χ2n) is 15.6. The molecule has 63 heavy (non-hydrogen) atoms. The summed E-state index contributed by atoms with van der Waals surface area (Å²) in [4.78, 5) is 51.5. The molecular formula is C50H43Cl3N4O6. The van der Waals surface area contributed by atoms with Crippen LogP contribution in [0.25, 0.3) is 43.8 Å². The summed E-state index contributed by atoms with van der Waals surface area (Å²) in [5.74, 6) is 1.87. The lowest BCUT2D eigenvalue weighted by Gasteiger charge is -2.42. The molecule has 0 saturated carbocycles. The van der Waals surface area contributed by atoms with Gasteiger partial charge in [-0.1, -0.05) is 121 Å². The van der Waals surface area contributed by atoms with Crippen molar-refractivity contribution in [2.24, 2.45) is 11.8 Å². The molecule has 6 aromatic carbocycles. The molecule has 2 fully saturated rings. The zero-order chi connectivity index (χ0) is 44.2. The Kier molecular flexibility index (Phi) is 13.2. The number of halogens is 3. The van der Waals surface area contributed by atoms with E-state index in [4.69, 9.17) is 44.3 Å². The van der Waals surface area contributed by atoms with Crippen molar-refractivity contribution in [3.05, 3.63) is 145 Å². The van der Waals surface area contributed by atoms with Gasteiger partial charge in [0, 0.05) is 62.2 Å². The average Bonchev–Trinajstić information content (AvgIpc) is 3.26. The van der Waals surface area contributed by atoms with Crippen molar-refractivity contribution >= 4 is 90.7 Å². The maximum absolute atomic E-state index is 12.6. The van der Waals surface area contributed by atoms with Crippen molar-refractivity contribution in [2.75, 3.05) is 62.3 Å². The highest BCUT2D eigenvalue weighted by atomic mass is 35.5. The second kappa shape index (κ2) is 19.1. The number of carbonyl (C=O) groups excluding carboxylic acids is 4. The van der Waals surface area contributed by atoms with Crippen LogP contribution < -0.4 is 24.6 Å². The smallest absolute Gasteiger partial charge is 0.265 e. The second-order valence-corrected chi connectivity index (χ2v) is 16.8. The van der Waals surface area contributed by atoms with Gasteiger partial charge in [0.1, 0.15) is 11.5 Å². The SMILES string of the molecule is C=CC(=O)Cl.C=CC(=O)N1CC(CN2C(=O)COc3cc(-c4cccc5ccccc45)c(Cl)cc32)C1.O=C1COc2cc(-c3cccc4ccccc34)c(Cl)cc2N1CC1CNC1. The number of nitrogens with zero attached hydrogens (tertiary/aromatic N) is 3. The zero-order valence-corrected chi connectivity index (χ0v) is 36.5. The Morgan fingerprint density at radius 1 is 0.635 bits per heavy atom. The molecule has 10 rings (SSSR count). The van der Waals surface area contributed by atoms with Crippen LogP contribution in [-0.2, 0) is 19.2 Å². The molecule has 4 aliphatic rings. The van der Waals surface area contributed by atoms with E-state index in [-0.39, 0.29) is 36.9 Å². The first-order chi connectivity index (χ1) is 30.5. The van der Waals surface area contributed by atoms with Crippen LogP contribution in [0.3, 0.4) is 0 Å². The van der Waals surface area contributed by atoms with Crippen molar-refractivity contribution in [2.45, 2.75) is 0 Å². The van der Waals surface area contributed by atoms with Gasteiger partial charge in [-0.15, -0.1) is 0 Å². The van der Waals surface area contributed by atoms with Gasteiger partial charge in [0.15, 0.2) is 13.2 Å². The summed E-state index contributed by atoms with van der Waals surface area (Å²) in [6.45, 7) is 11.0. The minimum absolute atomic E-state index is 0.00830. The monoisotopic (exact) mass is 900 g/mol. The normalized spacial score (nSPS) is 15.6. The van der Waals surface area contributed by atoms with Crippen molar-refractivity contribution in [1.29, 1.82) is 0 Å². The number of hydrogen-bond donors (Lipinski definition) is 1. The number of anilines is 2. The van der Waals surface area contributed by atoms with Gasteiger partial charge in [-0.2, -0.15) is 0 Å². The van der Waals surface area contributed by atoms with Gasteiger partial charge >= 0.3 is 0 Å². The van der Waals surface area contributed by atoms with Gasteiger partial charge in [-0.25, -0.2) is 0 Å². The minimum atomic E-state index is -0.509. The van der Waals surface area contributed by atoms with E-state index in [9.17, 15) is 19.2 Å². The maximum atomic E-state index is 12.6. The Bertz CT molecular complexity index is 2770. The molecule has 4 heterocycles. The quantitative estimate of drug-likeness (QED) is 0.120. The minimum Gasteiger partial charge on any atom is -0.482 e. The summed E-state index contributed by atoms with van der Waals surface area (Å²) < 4.78 is 11.5. The maximum Gasteiger partial charge on any atom is 0.265 e. The van der Waals surface area contributed by atoms with Crippen molar-refractivity contribution in [3.63, 3.8) is 0 Å². The third-order valence-electron chi connectivity index (χ3n) is 11.5. The van der Waals surface area contributed by atoms with Crippen LogP contribution in [0, 0.1) is 11.8 Å². The van der Waals surface area contributed by atoms with Crippen molar-refractivity contribution in [1.82, 2.24) is 10.2 Å². The zero-order valence-electron chi connectivity index (χ0n) is 34.2. The molecule has 10 nitrogen and oxygen atoms in total. The molecule has 6 aromatic rings. The van der Waals surface area contributed by atoms with Crippen molar-refractivity contribution < 1.29 is 28.7 Å². The topological polar surface area (TPSA) is 108 Å². The summed E-state index contributed by atoms with van der Waals surface area (Å²) in [6, 6.07) is 36.3. The summed E-state index contributed by atoms with van der Waals surface area (Å²) in [5.41, 5.74) is 5.34. The third-order valence-corrected chi connectivity index (χ3v) is 12.3. The van der Waals surface area contributed by atoms with Crippen LogP contribution in [0.2, 0.25) is 10.0 Å². The molecule has 1 N–H and O–H groups in total. The van der Waals surface area contributed by atoms with Crippen LogP contribution >= 0.6 is 34.8 Å². The van der Waals surface area contributed by atoms with Gasteiger partial charge in [0.25, 0.3) is 11.8 Å². The van der Waals surface area contributed by atoms with Gasteiger partial charge < -0.3 is 29.5 Å². The summed E-state index contributed by atoms with van der Waals surface area (Å²) in [5, 5.41) is 8.49. The standard InChI is InChI=1S/C25H21ClN2O3.C22H19ClN2O2.C3H3ClO/c1-2-24(29)27-12-16(13-27)14-28-22-11-21(26)20(10-23(22)31-15-25(28)30)19-9-5-7-17-6-3-4-8-18(17)19;23-19-9-20-21(27-13-22(26)25(20)12-14-10-24-11-14)8-18(19)17-7-3-5-15-4-1-2-6-16(15)17;1-2-3(4)5/h2-11,16H,1,12-15H2;1-9,14,24H,10-13H2;2H,1H2. The number of allylic oxidation sites excluding steroid dienone is 1. The van der Waals surface area contributed by atoms with E-state index in [2.05, 4.69) is 60.9 Å². The van der Waals surface area contributed by atoms with E-state index in [1.165, 1.54) is 11.5 Å². The molecule has 0 spiro atoms. The van der Waals surface area contributed by atoms with Crippen molar-refractivity contribution in [3.8, 4) is 33.8 Å². The molecule has 0 aliphatic carbocycles. The van der Waals surface area contributed by atoms with E-state index in [0.717, 1.165) is 63.3 Å². The lowest BCUT2D eigenvalue weighted by molar-refractivity contribution is -0.132. The van der Waals surface area contributed by atoms with Gasteiger partial charge in [-0.05, 0) is 80.7 Å². The van der Waals surface area contributed by atoms with Crippen LogP contribution in [0.1, 0.15) is 0 Å². The number of likely N-dealkylation sites (tertiary alicyclic amines) is 1. The predicted molar refractivity (Wildman–Crippen MR) is 252 cm³/mol. The Hall–Kier alpha value is -6.17. The lowest BCUT2D eigenvalue weighted by Crippen LogP contribution is -2.55. The van der Waals surface area contributed by atoms with E-state index in [1.54, 1.807) is 9.80 Å². The average molecular weight is 902 g/mol. The van der Waals surface area contributed by atoms with Gasteiger partial charge in [0.2, 0.25) is 11.1 Å². The summed E-state index contributed by atoms with van der Waals surface area (Å²) in [6.07, 6.45) is 2.36. The Labute approximate surface area is 380 Å². The van der Waals surface area contributed by atoms with E-state index in [1.807, 2.05) is 71.6 Å². The molecule has 13 heteroatoms. The fourth-order valence-electron chi connectivity index (χ4n) is 8.16. The Balaban J connectivity index is 0.000000157. The molecule has 0 unspecified atom stereocenters. The molecular weight excluding hydrogens is 859 g/mol. The fraction of sp³-hybridized carbons (Fsp3) is 0.200. The largest absolute Gasteiger partial charge is 0.482 e. The van der Waals surface area contributed by atoms with E-state index >= 15 is 0 Å². The highest BCUT2D eigenvalue weighted by Gasteiger charge is 2.36. The number of ether oxygens (including phenoxy) is 2. The van der Waals surface area contributed by atoms with E-state index < -0.39 is 5.24 Å². The van der Waals surface area contributed by atoms with Gasteiger partial charge in [-0.3, -0.25) is 19.2 Å². The number of rotatable bonds is 8. The third kappa shape index (κ3) is 9.31. The Morgan fingerprint density at radius 2 is 1.08 bits per heavy atom. The molecule has 320 valence electrons. The predicted octanol–water partition coefficient (Wildman–Crippen LogP) is 9.57. The number of carbonyl (C=O) groups is 4. The summed E-state index contributed by atoms with van der Waals surface area (Å²) in [7, 11) is 0. The molecule has 2 saturated heterocycles. The first-order valence-corrected chi connectivity index (χ1v) is 21.6. The highest BCUT2D eigenvalue weighted by Crippen LogP contribution is 2.44. The van der Waals surface area contributed by atoms with Crippen LogP contribution in [0.5, 0.6) is 11.5 Å². The first-order valence-electron chi connectivity index (χ1n) is 20.5.